The Bertz CT molecular complexity index is 130. The van der Waals surface area contributed by atoms with Crippen LogP contribution in [-0.4, -0.2) is 23.9 Å². The predicted molar refractivity (Wildman–Crippen MR) is 56.7 cm³/mol. The molecule has 13 heavy (non-hydrogen) atoms. The van der Waals surface area contributed by atoms with Crippen LogP contribution in [0.5, 0.6) is 0 Å². The van der Waals surface area contributed by atoms with Crippen LogP contribution < -0.4 is 0 Å². The summed E-state index contributed by atoms with van der Waals surface area (Å²) < 4.78 is 0. The second kappa shape index (κ2) is 8.09. The molecule has 0 aliphatic rings. The zero-order chi connectivity index (χ0) is 10.1. The third-order valence-electron chi connectivity index (χ3n) is 2.36. The fraction of sp³-hybridized carbons (Fsp3) is 0.909. The van der Waals surface area contributed by atoms with Crippen molar-refractivity contribution in [3.05, 3.63) is 0 Å². The van der Waals surface area contributed by atoms with Gasteiger partial charge in [-0.2, -0.15) is 0 Å². The Balaban J connectivity index is 3.48. The minimum absolute atomic E-state index is 0.320. The van der Waals surface area contributed by atoms with Crippen molar-refractivity contribution >= 4 is 5.91 Å². The number of carbonyl (C=O) groups is 1. The Morgan fingerprint density at radius 3 is 2.08 bits per heavy atom. The van der Waals surface area contributed by atoms with Crippen molar-refractivity contribution < 1.29 is 4.79 Å². The molecular weight excluding hydrogens is 162 g/mol. The molecule has 0 aromatic heterocycles. The zero-order valence-electron chi connectivity index (χ0n) is 9.31. The Hall–Kier alpha value is -0.530. The van der Waals surface area contributed by atoms with Crippen molar-refractivity contribution in [1.82, 2.24) is 4.90 Å². The Labute approximate surface area is 82.3 Å². The number of hydrogen-bond donors (Lipinski definition) is 0. The van der Waals surface area contributed by atoms with Gasteiger partial charge >= 0.3 is 0 Å². The fourth-order valence-corrected chi connectivity index (χ4v) is 1.44. The highest BCUT2D eigenvalue weighted by Crippen LogP contribution is 2.04. The molecule has 0 aliphatic heterocycles. The number of hydrogen-bond acceptors (Lipinski definition) is 1. The molecule has 0 rings (SSSR count). The molecule has 2 heteroatoms. The van der Waals surface area contributed by atoms with Gasteiger partial charge in [0.25, 0.3) is 0 Å². The third kappa shape index (κ3) is 5.67. The van der Waals surface area contributed by atoms with E-state index in [4.69, 9.17) is 0 Å². The molecule has 0 bridgehead atoms. The van der Waals surface area contributed by atoms with E-state index in [1.54, 1.807) is 0 Å². The molecule has 0 unspecified atom stereocenters. The first-order chi connectivity index (χ1) is 6.26. The lowest BCUT2D eigenvalue weighted by atomic mass is 10.1. The molecule has 0 aliphatic carbocycles. The van der Waals surface area contributed by atoms with Gasteiger partial charge < -0.3 is 4.90 Å². The maximum absolute atomic E-state index is 11.5. The first kappa shape index (κ1) is 12.5. The van der Waals surface area contributed by atoms with Gasteiger partial charge in [-0.15, -0.1) is 0 Å². The average molecular weight is 185 g/mol. The van der Waals surface area contributed by atoms with Crippen molar-refractivity contribution in [2.75, 3.05) is 13.1 Å². The average Bonchev–Trinajstić information content (AvgIpc) is 2.14. The van der Waals surface area contributed by atoms with Gasteiger partial charge in [-0.05, 0) is 20.3 Å². The lowest BCUT2D eigenvalue weighted by Gasteiger charge is -2.18. The van der Waals surface area contributed by atoms with Crippen LogP contribution in [0.4, 0.5) is 0 Å². The third-order valence-corrected chi connectivity index (χ3v) is 2.36. The second-order valence-corrected chi connectivity index (χ2v) is 3.38. The predicted octanol–water partition coefficient (Wildman–Crippen LogP) is 2.83. The lowest BCUT2D eigenvalue weighted by molar-refractivity contribution is -0.130. The monoisotopic (exact) mass is 185 g/mol. The largest absolute Gasteiger partial charge is 0.343 e. The molecule has 0 fully saturated rings. The van der Waals surface area contributed by atoms with Crippen molar-refractivity contribution in [3.63, 3.8) is 0 Å². The smallest absolute Gasteiger partial charge is 0.222 e. The fourth-order valence-electron chi connectivity index (χ4n) is 1.44. The summed E-state index contributed by atoms with van der Waals surface area (Å²) in [7, 11) is 0. The van der Waals surface area contributed by atoms with E-state index in [2.05, 4.69) is 6.92 Å². The first-order valence-electron chi connectivity index (χ1n) is 5.54. The minimum Gasteiger partial charge on any atom is -0.343 e. The van der Waals surface area contributed by atoms with Gasteiger partial charge in [-0.25, -0.2) is 0 Å². The van der Waals surface area contributed by atoms with Gasteiger partial charge in [-0.3, -0.25) is 4.79 Å². The summed E-state index contributed by atoms with van der Waals surface area (Å²) >= 11 is 0. The maximum Gasteiger partial charge on any atom is 0.222 e. The van der Waals surface area contributed by atoms with Crippen LogP contribution in [0.15, 0.2) is 0 Å². The minimum atomic E-state index is 0.320. The lowest BCUT2D eigenvalue weighted by Crippen LogP contribution is -2.30. The van der Waals surface area contributed by atoms with Gasteiger partial charge in [0.2, 0.25) is 5.91 Å². The van der Waals surface area contributed by atoms with E-state index in [0.29, 0.717) is 5.91 Å². The first-order valence-corrected chi connectivity index (χ1v) is 5.54. The number of carbonyl (C=O) groups excluding carboxylic acids is 1. The van der Waals surface area contributed by atoms with Crippen molar-refractivity contribution in [2.24, 2.45) is 0 Å². The van der Waals surface area contributed by atoms with Crippen molar-refractivity contribution in [2.45, 2.75) is 52.9 Å². The van der Waals surface area contributed by atoms with E-state index in [-0.39, 0.29) is 0 Å². The molecule has 0 spiro atoms. The molecule has 0 atom stereocenters. The molecule has 0 radical (unpaired) electrons. The summed E-state index contributed by atoms with van der Waals surface area (Å²) in [6, 6.07) is 0. The summed E-state index contributed by atoms with van der Waals surface area (Å²) in [5, 5.41) is 0. The van der Waals surface area contributed by atoms with Crippen LogP contribution in [-0.2, 0) is 4.79 Å². The van der Waals surface area contributed by atoms with Crippen LogP contribution in [0.25, 0.3) is 0 Å². The quantitative estimate of drug-likeness (QED) is 0.558. The maximum atomic E-state index is 11.5. The Kier molecular flexibility index (Phi) is 7.76. The van der Waals surface area contributed by atoms with Gasteiger partial charge in [-0.1, -0.05) is 26.2 Å². The summed E-state index contributed by atoms with van der Waals surface area (Å²) in [6.45, 7) is 7.96. The highest BCUT2D eigenvalue weighted by molar-refractivity contribution is 5.75. The molecular formula is C11H23NO. The van der Waals surface area contributed by atoms with Crippen LogP contribution in [0, 0.1) is 0 Å². The Morgan fingerprint density at radius 2 is 1.62 bits per heavy atom. The van der Waals surface area contributed by atoms with Gasteiger partial charge in [0.05, 0.1) is 0 Å². The normalized spacial score (nSPS) is 10.1. The number of nitrogens with zero attached hydrogens (tertiary/aromatic N) is 1. The van der Waals surface area contributed by atoms with E-state index >= 15 is 0 Å². The standard InChI is InChI=1S/C11H23NO/c1-4-7-8-9-10-11(13)12(5-2)6-3/h4-10H2,1-3H3. The SMILES string of the molecule is CCCCCCC(=O)N(CC)CC. The van der Waals surface area contributed by atoms with Crippen molar-refractivity contribution in [3.8, 4) is 0 Å². The molecule has 78 valence electrons. The Morgan fingerprint density at radius 1 is 1.00 bits per heavy atom. The van der Waals surface area contributed by atoms with Crippen LogP contribution in [0.1, 0.15) is 52.9 Å². The van der Waals surface area contributed by atoms with E-state index in [1.807, 2.05) is 18.7 Å². The van der Waals surface area contributed by atoms with E-state index in [0.717, 1.165) is 25.9 Å². The van der Waals surface area contributed by atoms with Gasteiger partial charge in [0, 0.05) is 19.5 Å². The highest BCUT2D eigenvalue weighted by atomic mass is 16.2. The van der Waals surface area contributed by atoms with Crippen LogP contribution in [0.3, 0.4) is 0 Å². The molecule has 0 aromatic carbocycles. The van der Waals surface area contributed by atoms with Crippen LogP contribution in [0.2, 0.25) is 0 Å². The molecule has 0 aromatic rings. The van der Waals surface area contributed by atoms with Gasteiger partial charge in [0.1, 0.15) is 0 Å². The van der Waals surface area contributed by atoms with Gasteiger partial charge in [0.15, 0.2) is 0 Å². The highest BCUT2D eigenvalue weighted by Gasteiger charge is 2.07. The summed E-state index contributed by atoms with van der Waals surface area (Å²) in [5.74, 6) is 0.320. The topological polar surface area (TPSA) is 20.3 Å². The summed E-state index contributed by atoms with van der Waals surface area (Å²) in [4.78, 5) is 13.4. The number of unbranched alkanes of at least 4 members (excludes halogenated alkanes) is 3. The summed E-state index contributed by atoms with van der Waals surface area (Å²) in [6.07, 6.45) is 5.49. The zero-order valence-corrected chi connectivity index (χ0v) is 9.31. The van der Waals surface area contributed by atoms with Crippen LogP contribution >= 0.6 is 0 Å². The van der Waals surface area contributed by atoms with Crippen molar-refractivity contribution in [1.29, 1.82) is 0 Å². The molecule has 0 saturated carbocycles. The summed E-state index contributed by atoms with van der Waals surface area (Å²) in [5.41, 5.74) is 0. The second-order valence-electron chi connectivity index (χ2n) is 3.38. The molecule has 2 nitrogen and oxygen atoms in total. The van der Waals surface area contributed by atoms with E-state index in [9.17, 15) is 4.79 Å². The van der Waals surface area contributed by atoms with E-state index in [1.165, 1.54) is 19.3 Å². The molecule has 1 amide bonds. The number of rotatable bonds is 7. The molecule has 0 heterocycles. The van der Waals surface area contributed by atoms with E-state index < -0.39 is 0 Å². The molecule has 0 N–H and O–H groups in total. The molecule has 0 saturated heterocycles. The number of amides is 1.